The topological polar surface area (TPSA) is 84.1 Å². The number of ether oxygens (including phenoxy) is 4. The van der Waals surface area contributed by atoms with E-state index in [2.05, 4.69) is 0 Å². The first kappa shape index (κ1) is 18.4. The number of aliphatic hydroxyl groups is 1. The molecule has 4 heterocycles. The zero-order chi connectivity index (χ0) is 21.3. The van der Waals surface area contributed by atoms with Crippen LogP contribution in [0.5, 0.6) is 0 Å². The van der Waals surface area contributed by atoms with Gasteiger partial charge in [-0.15, -0.1) is 0 Å². The first-order valence-corrected chi connectivity index (χ1v) is 10.7. The highest BCUT2D eigenvalue weighted by atomic mass is 19.4. The number of cyclic esters (lactones) is 1. The summed E-state index contributed by atoms with van der Waals surface area (Å²) in [4.78, 5) is 12.1. The van der Waals surface area contributed by atoms with Gasteiger partial charge < -0.3 is 24.1 Å². The molecule has 0 amide bonds. The van der Waals surface area contributed by atoms with E-state index in [-0.39, 0.29) is 18.5 Å². The summed E-state index contributed by atoms with van der Waals surface area (Å²) in [5.74, 6) is -1.07. The quantitative estimate of drug-likeness (QED) is 0.508. The largest absolute Gasteiger partial charge is 0.458 e. The molecule has 0 bridgehead atoms. The number of esters is 1. The fraction of sp³-hybridized carbons (Fsp3) is 0.857. The van der Waals surface area contributed by atoms with Crippen molar-refractivity contribution in [1.82, 2.24) is 0 Å². The lowest BCUT2D eigenvalue weighted by Gasteiger charge is -2.56. The third kappa shape index (κ3) is 1.38. The molecule has 0 aromatic rings. The lowest BCUT2D eigenvalue weighted by atomic mass is 9.44. The molecule has 1 N–H and O–H groups in total. The standard InChI is InChI=1S/C21H23F3O6/c1-8(2)17-13(29-17)14-19(30-14)16(3)5-4-9-10(7-27-15(9)25)11(16)6-12-18(19,28-12)20(17,26)21(22,23)24/h8,11-14,26H,4-7H2,1-3H3/t11-,12-,13-,14-,16-,17-,18-,19+,20+/m0/s1. The Bertz CT molecular complexity index is 961. The Morgan fingerprint density at radius 2 is 1.87 bits per heavy atom. The number of alkyl halides is 3. The minimum Gasteiger partial charge on any atom is -0.458 e. The molecule has 0 radical (unpaired) electrons. The van der Waals surface area contributed by atoms with Crippen LogP contribution in [0.1, 0.15) is 40.0 Å². The second-order valence-corrected chi connectivity index (χ2v) is 10.6. The summed E-state index contributed by atoms with van der Waals surface area (Å²) >= 11 is 0. The van der Waals surface area contributed by atoms with Crippen molar-refractivity contribution >= 4 is 5.97 Å². The van der Waals surface area contributed by atoms with Crippen LogP contribution in [-0.2, 0) is 23.7 Å². The number of rotatable bonds is 1. The molecule has 6 nitrogen and oxygen atoms in total. The molecule has 30 heavy (non-hydrogen) atoms. The third-order valence-electron chi connectivity index (χ3n) is 9.64. The monoisotopic (exact) mass is 428 g/mol. The van der Waals surface area contributed by atoms with Gasteiger partial charge in [-0.2, -0.15) is 13.2 Å². The summed E-state index contributed by atoms with van der Waals surface area (Å²) < 4.78 is 67.3. The molecule has 3 aliphatic carbocycles. The van der Waals surface area contributed by atoms with Crippen molar-refractivity contribution in [3.63, 3.8) is 0 Å². The SMILES string of the molecule is CC(C)[C@]12O[C@H]1[C@@H]1O[C@]13[C@]1(O[C@H]1C[C@H]1C4=C(CC[C@@]13C)C(=O)OC4)[C@@]2(O)C(F)(F)F. The van der Waals surface area contributed by atoms with Crippen molar-refractivity contribution in [2.75, 3.05) is 6.61 Å². The van der Waals surface area contributed by atoms with Crippen LogP contribution in [0.15, 0.2) is 11.1 Å². The second-order valence-electron chi connectivity index (χ2n) is 10.6. The second kappa shape index (κ2) is 4.49. The number of fused-ring (bicyclic) bond motifs is 4. The highest BCUT2D eigenvalue weighted by Gasteiger charge is 3.07. The number of hydrogen-bond donors (Lipinski definition) is 1. The predicted octanol–water partition coefficient (Wildman–Crippen LogP) is 2.04. The van der Waals surface area contributed by atoms with Crippen LogP contribution in [0.25, 0.3) is 0 Å². The van der Waals surface area contributed by atoms with Gasteiger partial charge in [0, 0.05) is 11.0 Å². The highest BCUT2D eigenvalue weighted by molar-refractivity contribution is 5.92. The molecule has 0 unspecified atom stereocenters. The average molecular weight is 428 g/mol. The van der Waals surface area contributed by atoms with E-state index >= 15 is 0 Å². The smallest absolute Gasteiger partial charge is 0.423 e. The zero-order valence-electron chi connectivity index (χ0n) is 16.8. The number of carbonyl (C=O) groups is 1. The van der Waals surface area contributed by atoms with E-state index in [1.807, 2.05) is 6.92 Å². The summed E-state index contributed by atoms with van der Waals surface area (Å²) in [6.45, 7) is 5.40. The van der Waals surface area contributed by atoms with Crippen LogP contribution in [-0.4, -0.2) is 64.6 Å². The van der Waals surface area contributed by atoms with Crippen molar-refractivity contribution in [2.24, 2.45) is 17.3 Å². The Hall–Kier alpha value is -1.16. The molecular formula is C21H23F3O6. The number of halogens is 3. The Balaban J connectivity index is 1.44. The number of hydrogen-bond acceptors (Lipinski definition) is 6. The van der Waals surface area contributed by atoms with E-state index < -0.39 is 58.2 Å². The molecular weight excluding hydrogens is 405 g/mol. The molecule has 2 spiro atoms. The van der Waals surface area contributed by atoms with Gasteiger partial charge in [-0.25, -0.2) is 4.79 Å². The normalized spacial score (nSPS) is 59.4. The van der Waals surface area contributed by atoms with Gasteiger partial charge in [0.25, 0.3) is 0 Å². The minimum atomic E-state index is -4.95. The maximum atomic E-state index is 14.7. The first-order chi connectivity index (χ1) is 13.9. The van der Waals surface area contributed by atoms with E-state index in [0.29, 0.717) is 24.8 Å². The van der Waals surface area contributed by atoms with Gasteiger partial charge in [0.05, 0.1) is 6.10 Å². The Morgan fingerprint density at radius 1 is 1.13 bits per heavy atom. The third-order valence-corrected chi connectivity index (χ3v) is 9.64. The van der Waals surface area contributed by atoms with Crippen molar-refractivity contribution in [2.45, 2.75) is 86.9 Å². The van der Waals surface area contributed by atoms with Crippen molar-refractivity contribution in [3.05, 3.63) is 11.1 Å². The van der Waals surface area contributed by atoms with E-state index in [1.54, 1.807) is 13.8 Å². The summed E-state index contributed by atoms with van der Waals surface area (Å²) in [6, 6.07) is 0. The molecule has 9 heteroatoms. The van der Waals surface area contributed by atoms with Crippen molar-refractivity contribution < 1.29 is 42.0 Å². The summed E-state index contributed by atoms with van der Waals surface area (Å²) in [7, 11) is 0. The molecule has 9 atom stereocenters. The molecule has 3 saturated heterocycles. The van der Waals surface area contributed by atoms with E-state index in [0.717, 1.165) is 5.57 Å². The van der Waals surface area contributed by atoms with Crippen molar-refractivity contribution in [3.8, 4) is 0 Å². The van der Waals surface area contributed by atoms with E-state index in [1.165, 1.54) is 0 Å². The molecule has 0 aromatic carbocycles. The van der Waals surface area contributed by atoms with Gasteiger partial charge in [-0.1, -0.05) is 20.8 Å². The molecule has 7 aliphatic rings. The van der Waals surface area contributed by atoms with Crippen LogP contribution < -0.4 is 0 Å². The van der Waals surface area contributed by atoms with Crippen LogP contribution in [0.2, 0.25) is 0 Å². The molecule has 164 valence electrons. The number of carbonyl (C=O) groups excluding carboxylic acids is 1. The lowest BCUT2D eigenvalue weighted by Crippen LogP contribution is -2.79. The van der Waals surface area contributed by atoms with Crippen molar-refractivity contribution in [1.29, 1.82) is 0 Å². The van der Waals surface area contributed by atoms with E-state index in [4.69, 9.17) is 18.9 Å². The predicted molar refractivity (Wildman–Crippen MR) is 92.1 cm³/mol. The minimum absolute atomic E-state index is 0.175. The lowest BCUT2D eigenvalue weighted by molar-refractivity contribution is -0.325. The zero-order valence-corrected chi connectivity index (χ0v) is 16.8. The first-order valence-electron chi connectivity index (χ1n) is 10.7. The molecule has 5 fully saturated rings. The number of epoxide rings is 3. The van der Waals surface area contributed by atoms with Crippen LogP contribution in [0.4, 0.5) is 13.2 Å². The van der Waals surface area contributed by atoms with Crippen LogP contribution in [0, 0.1) is 17.3 Å². The van der Waals surface area contributed by atoms with Gasteiger partial charge in [-0.05, 0) is 36.7 Å². The Labute approximate surface area is 170 Å². The molecule has 7 rings (SSSR count). The molecule has 0 aromatic heterocycles. The fourth-order valence-electron chi connectivity index (χ4n) is 8.33. The van der Waals surface area contributed by atoms with Gasteiger partial charge in [0.1, 0.15) is 30.0 Å². The Kier molecular flexibility index (Phi) is 2.76. The van der Waals surface area contributed by atoms with Gasteiger partial charge in [0.2, 0.25) is 5.60 Å². The van der Waals surface area contributed by atoms with Gasteiger partial charge in [0.15, 0.2) is 5.60 Å². The maximum absolute atomic E-state index is 14.7. The van der Waals surface area contributed by atoms with Gasteiger partial charge >= 0.3 is 12.1 Å². The Morgan fingerprint density at radius 3 is 2.53 bits per heavy atom. The summed E-state index contributed by atoms with van der Waals surface area (Å²) in [6.07, 6.45) is -5.91. The summed E-state index contributed by atoms with van der Waals surface area (Å²) in [5, 5.41) is 11.6. The average Bonchev–Trinajstić information content (AvgIpc) is 3.53. The van der Waals surface area contributed by atoms with Gasteiger partial charge in [-0.3, -0.25) is 0 Å². The fourth-order valence-corrected chi connectivity index (χ4v) is 8.33. The maximum Gasteiger partial charge on any atom is 0.423 e. The van der Waals surface area contributed by atoms with Crippen LogP contribution in [0.3, 0.4) is 0 Å². The summed E-state index contributed by atoms with van der Waals surface area (Å²) in [5.41, 5.74) is -7.29. The van der Waals surface area contributed by atoms with E-state index in [9.17, 15) is 23.1 Å². The molecule has 4 aliphatic heterocycles. The van der Waals surface area contributed by atoms with Crippen LogP contribution >= 0.6 is 0 Å². The highest BCUT2D eigenvalue weighted by Crippen LogP contribution is 2.86. The molecule has 2 saturated carbocycles.